The number of carbonyl (C=O) groups excluding carboxylic acids is 1. The van der Waals surface area contributed by atoms with E-state index >= 15 is 0 Å². The summed E-state index contributed by atoms with van der Waals surface area (Å²) in [6.45, 7) is 6.20. The van der Waals surface area contributed by atoms with Crippen LogP contribution in [-0.2, 0) is 0 Å². The minimum Gasteiger partial charge on any atom is -0.352 e. The molecule has 0 aliphatic carbocycles. The Kier molecular flexibility index (Phi) is 5.54. The average molecular weight is 343 g/mol. The average Bonchev–Trinajstić information content (AvgIpc) is 2.48. The van der Waals surface area contributed by atoms with Gasteiger partial charge in [-0.2, -0.15) is 0 Å². The largest absolute Gasteiger partial charge is 0.352 e. The molecule has 1 aromatic carbocycles. The summed E-state index contributed by atoms with van der Waals surface area (Å²) in [5, 5.41) is 2.95. The molecule has 1 saturated heterocycles. The first-order valence-corrected chi connectivity index (χ1v) is 7.85. The Morgan fingerprint density at radius 3 is 2.75 bits per heavy atom. The van der Waals surface area contributed by atoms with Crippen molar-refractivity contribution >= 4 is 21.8 Å². The van der Waals surface area contributed by atoms with Crippen LogP contribution < -0.4 is 5.32 Å². The van der Waals surface area contributed by atoms with E-state index in [9.17, 15) is 9.18 Å². The van der Waals surface area contributed by atoms with E-state index in [-0.39, 0.29) is 11.7 Å². The van der Waals surface area contributed by atoms with Gasteiger partial charge in [-0.15, -0.1) is 0 Å². The van der Waals surface area contributed by atoms with E-state index in [2.05, 4.69) is 33.1 Å². The second-order valence-electron chi connectivity index (χ2n) is 5.22. The highest BCUT2D eigenvalue weighted by Gasteiger charge is 2.18. The lowest BCUT2D eigenvalue weighted by Gasteiger charge is -2.31. The summed E-state index contributed by atoms with van der Waals surface area (Å²) in [6, 6.07) is 4.33. The van der Waals surface area contributed by atoms with E-state index < -0.39 is 0 Å². The number of hydrogen-bond acceptors (Lipinski definition) is 2. The second kappa shape index (κ2) is 7.18. The Bertz CT molecular complexity index is 473. The molecule has 1 heterocycles. The fraction of sp³-hybridized carbons (Fsp3) is 0.533. The van der Waals surface area contributed by atoms with Crippen molar-refractivity contribution in [3.05, 3.63) is 34.1 Å². The van der Waals surface area contributed by atoms with Gasteiger partial charge < -0.3 is 10.2 Å². The SMILES string of the molecule is CCN1CCC(CNC(=O)c2ccc(F)c(Br)c2)CC1. The second-order valence-corrected chi connectivity index (χ2v) is 6.07. The highest BCUT2D eigenvalue weighted by Crippen LogP contribution is 2.18. The van der Waals surface area contributed by atoms with Gasteiger partial charge in [-0.05, 0) is 72.5 Å². The molecule has 3 nitrogen and oxygen atoms in total. The van der Waals surface area contributed by atoms with Crippen LogP contribution >= 0.6 is 15.9 Å². The third-order valence-electron chi connectivity index (χ3n) is 3.89. The quantitative estimate of drug-likeness (QED) is 0.911. The Morgan fingerprint density at radius 2 is 2.15 bits per heavy atom. The summed E-state index contributed by atoms with van der Waals surface area (Å²) in [5.41, 5.74) is 0.490. The molecule has 0 atom stereocenters. The zero-order chi connectivity index (χ0) is 14.5. The Morgan fingerprint density at radius 1 is 1.45 bits per heavy atom. The number of nitrogens with one attached hydrogen (secondary N) is 1. The lowest BCUT2D eigenvalue weighted by Crippen LogP contribution is -2.38. The van der Waals surface area contributed by atoms with Crippen LogP contribution in [0.3, 0.4) is 0 Å². The van der Waals surface area contributed by atoms with Gasteiger partial charge in [-0.3, -0.25) is 4.79 Å². The van der Waals surface area contributed by atoms with Gasteiger partial charge in [-0.1, -0.05) is 6.92 Å². The van der Waals surface area contributed by atoms with Crippen LogP contribution in [-0.4, -0.2) is 37.0 Å². The summed E-state index contributed by atoms with van der Waals surface area (Å²) in [7, 11) is 0. The lowest BCUT2D eigenvalue weighted by molar-refractivity contribution is 0.0936. The standard InChI is InChI=1S/C15H20BrFN2O/c1-2-19-7-5-11(6-8-19)10-18-15(20)12-3-4-14(17)13(16)9-12/h3-4,9,11H,2,5-8,10H2,1H3,(H,18,20). The molecular formula is C15H20BrFN2O. The number of carbonyl (C=O) groups is 1. The van der Waals surface area contributed by atoms with Crippen LogP contribution in [0.1, 0.15) is 30.1 Å². The van der Waals surface area contributed by atoms with Crippen molar-refractivity contribution < 1.29 is 9.18 Å². The molecule has 1 fully saturated rings. The molecule has 110 valence electrons. The fourth-order valence-corrected chi connectivity index (χ4v) is 2.86. The van der Waals surface area contributed by atoms with E-state index in [1.165, 1.54) is 18.2 Å². The third kappa shape index (κ3) is 4.03. The molecular weight excluding hydrogens is 323 g/mol. The maximum absolute atomic E-state index is 13.1. The molecule has 0 bridgehead atoms. The normalized spacial score (nSPS) is 17.1. The maximum atomic E-state index is 13.1. The number of benzene rings is 1. The van der Waals surface area contributed by atoms with Gasteiger partial charge in [0.05, 0.1) is 4.47 Å². The van der Waals surface area contributed by atoms with Crippen molar-refractivity contribution in [1.82, 2.24) is 10.2 Å². The predicted molar refractivity (Wildman–Crippen MR) is 81.3 cm³/mol. The van der Waals surface area contributed by atoms with Crippen LogP contribution in [0.25, 0.3) is 0 Å². The number of nitrogens with zero attached hydrogens (tertiary/aromatic N) is 1. The molecule has 1 N–H and O–H groups in total. The fourth-order valence-electron chi connectivity index (χ4n) is 2.48. The zero-order valence-electron chi connectivity index (χ0n) is 11.7. The number of halogens is 2. The first-order valence-electron chi connectivity index (χ1n) is 7.05. The summed E-state index contributed by atoms with van der Waals surface area (Å²) in [5.74, 6) is 0.0581. The molecule has 20 heavy (non-hydrogen) atoms. The molecule has 1 aliphatic rings. The first-order chi connectivity index (χ1) is 9.60. The molecule has 0 unspecified atom stereocenters. The van der Waals surface area contributed by atoms with Crippen LogP contribution in [0.2, 0.25) is 0 Å². The Balaban J connectivity index is 1.82. The van der Waals surface area contributed by atoms with Crippen molar-refractivity contribution in [3.8, 4) is 0 Å². The molecule has 0 saturated carbocycles. The van der Waals surface area contributed by atoms with Crippen LogP contribution in [0.15, 0.2) is 22.7 Å². The Hall–Kier alpha value is -0.940. The monoisotopic (exact) mass is 342 g/mol. The minimum absolute atomic E-state index is 0.136. The van der Waals surface area contributed by atoms with Gasteiger partial charge in [-0.25, -0.2) is 4.39 Å². The van der Waals surface area contributed by atoms with Crippen LogP contribution in [0, 0.1) is 11.7 Å². The molecule has 5 heteroatoms. The van der Waals surface area contributed by atoms with Gasteiger partial charge >= 0.3 is 0 Å². The van der Waals surface area contributed by atoms with E-state index in [0.717, 1.165) is 32.5 Å². The number of likely N-dealkylation sites (tertiary alicyclic amines) is 1. The van der Waals surface area contributed by atoms with E-state index in [0.29, 0.717) is 22.5 Å². The lowest BCUT2D eigenvalue weighted by atomic mass is 9.97. The van der Waals surface area contributed by atoms with Gasteiger partial charge in [0.25, 0.3) is 5.91 Å². The van der Waals surface area contributed by atoms with Gasteiger partial charge in [0, 0.05) is 12.1 Å². The summed E-state index contributed by atoms with van der Waals surface area (Å²) in [4.78, 5) is 14.4. The first kappa shape index (κ1) is 15.4. The van der Waals surface area contributed by atoms with Crippen molar-refractivity contribution in [3.63, 3.8) is 0 Å². The third-order valence-corrected chi connectivity index (χ3v) is 4.50. The van der Waals surface area contributed by atoms with E-state index in [1.54, 1.807) is 0 Å². The summed E-state index contributed by atoms with van der Waals surface area (Å²) < 4.78 is 13.4. The molecule has 0 radical (unpaired) electrons. The van der Waals surface area contributed by atoms with Crippen molar-refractivity contribution in [2.24, 2.45) is 5.92 Å². The Labute approximate surface area is 127 Å². The predicted octanol–water partition coefficient (Wildman–Crippen LogP) is 3.05. The van der Waals surface area contributed by atoms with E-state index in [1.807, 2.05) is 0 Å². The minimum atomic E-state index is -0.353. The topological polar surface area (TPSA) is 32.3 Å². The zero-order valence-corrected chi connectivity index (χ0v) is 13.2. The van der Waals surface area contributed by atoms with Crippen molar-refractivity contribution in [1.29, 1.82) is 0 Å². The smallest absolute Gasteiger partial charge is 0.251 e. The van der Waals surface area contributed by atoms with Crippen LogP contribution in [0.5, 0.6) is 0 Å². The molecule has 1 amide bonds. The number of rotatable bonds is 4. The number of piperidine rings is 1. The van der Waals surface area contributed by atoms with Gasteiger partial charge in [0.1, 0.15) is 5.82 Å². The number of hydrogen-bond donors (Lipinski definition) is 1. The highest BCUT2D eigenvalue weighted by molar-refractivity contribution is 9.10. The summed E-state index contributed by atoms with van der Waals surface area (Å²) >= 11 is 3.10. The van der Waals surface area contributed by atoms with Crippen molar-refractivity contribution in [2.75, 3.05) is 26.2 Å². The summed E-state index contributed by atoms with van der Waals surface area (Å²) in [6.07, 6.45) is 2.25. The van der Waals surface area contributed by atoms with Gasteiger partial charge in [0.2, 0.25) is 0 Å². The van der Waals surface area contributed by atoms with Crippen molar-refractivity contribution in [2.45, 2.75) is 19.8 Å². The van der Waals surface area contributed by atoms with E-state index in [4.69, 9.17) is 0 Å². The molecule has 1 aromatic rings. The van der Waals surface area contributed by atoms with Crippen LogP contribution in [0.4, 0.5) is 4.39 Å². The molecule has 1 aliphatic heterocycles. The highest BCUT2D eigenvalue weighted by atomic mass is 79.9. The molecule has 0 spiro atoms. The van der Waals surface area contributed by atoms with Gasteiger partial charge in [0.15, 0.2) is 0 Å². The molecule has 2 rings (SSSR count). The molecule has 0 aromatic heterocycles. The maximum Gasteiger partial charge on any atom is 0.251 e. The number of amides is 1.